The summed E-state index contributed by atoms with van der Waals surface area (Å²) in [5, 5.41) is 8.55. The third kappa shape index (κ3) is 1.80. The van der Waals surface area contributed by atoms with Gasteiger partial charge in [0.2, 0.25) is 11.0 Å². The van der Waals surface area contributed by atoms with Gasteiger partial charge in [0.1, 0.15) is 5.82 Å². The number of aryl methyl sites for hydroxylation is 1. The lowest BCUT2D eigenvalue weighted by Gasteiger charge is -2.02. The van der Waals surface area contributed by atoms with E-state index in [1.807, 2.05) is 41.8 Å². The maximum atomic E-state index is 8.55. The number of benzene rings is 1. The van der Waals surface area contributed by atoms with Gasteiger partial charge in [0.15, 0.2) is 0 Å². The van der Waals surface area contributed by atoms with Gasteiger partial charge in [-0.2, -0.15) is 9.64 Å². The molecule has 0 saturated heterocycles. The molecule has 0 spiro atoms. The van der Waals surface area contributed by atoms with E-state index in [2.05, 4.69) is 9.37 Å². The van der Waals surface area contributed by atoms with Gasteiger partial charge in [-0.1, -0.05) is 18.2 Å². The van der Waals surface area contributed by atoms with E-state index in [0.717, 1.165) is 11.5 Å². The number of aromatic nitrogens is 2. The monoisotopic (exact) mass is 216 g/mol. The van der Waals surface area contributed by atoms with Crippen LogP contribution in [0.3, 0.4) is 0 Å². The van der Waals surface area contributed by atoms with Crippen molar-refractivity contribution < 1.29 is 0 Å². The number of para-hydroxylation sites is 1. The van der Waals surface area contributed by atoms with Gasteiger partial charge in [0, 0.05) is 17.2 Å². The molecular formula is C10H8N4S. The van der Waals surface area contributed by atoms with Gasteiger partial charge in [0.25, 0.3) is 0 Å². The zero-order valence-electron chi connectivity index (χ0n) is 8.08. The fourth-order valence-electron chi connectivity index (χ4n) is 1.31. The molecule has 0 aliphatic heterocycles. The summed E-state index contributed by atoms with van der Waals surface area (Å²) in [7, 11) is 0. The van der Waals surface area contributed by atoms with Crippen LogP contribution in [0.2, 0.25) is 0 Å². The van der Waals surface area contributed by atoms with Gasteiger partial charge in [-0.15, -0.1) is 4.99 Å². The Bertz CT molecular complexity index is 559. The summed E-state index contributed by atoms with van der Waals surface area (Å²) >= 11 is 1.22. The summed E-state index contributed by atoms with van der Waals surface area (Å²) in [5.41, 5.74) is 0.970. The van der Waals surface area contributed by atoms with Crippen LogP contribution < -0.4 is 4.80 Å². The molecule has 0 atom stereocenters. The third-order valence-electron chi connectivity index (χ3n) is 1.93. The van der Waals surface area contributed by atoms with Crippen molar-refractivity contribution in [2.24, 2.45) is 4.99 Å². The van der Waals surface area contributed by atoms with Crippen molar-refractivity contribution in [1.82, 2.24) is 8.94 Å². The summed E-state index contributed by atoms with van der Waals surface area (Å²) in [6.45, 7) is 1.89. The van der Waals surface area contributed by atoms with E-state index in [4.69, 9.17) is 5.26 Å². The first kappa shape index (κ1) is 9.62. The summed E-state index contributed by atoms with van der Waals surface area (Å²) in [5.74, 6) is 0.834. The fraction of sp³-hybridized carbons (Fsp3) is 0.100. The van der Waals surface area contributed by atoms with E-state index in [0.29, 0.717) is 4.80 Å². The molecule has 2 aromatic rings. The Labute approximate surface area is 90.9 Å². The van der Waals surface area contributed by atoms with Crippen molar-refractivity contribution in [3.63, 3.8) is 0 Å². The number of hydrogen-bond donors (Lipinski definition) is 0. The quantitative estimate of drug-likeness (QED) is 0.680. The molecule has 74 valence electrons. The van der Waals surface area contributed by atoms with Gasteiger partial charge in [-0.3, -0.25) is 4.57 Å². The van der Waals surface area contributed by atoms with Gasteiger partial charge in [-0.05, 0) is 19.1 Å². The molecule has 1 heterocycles. The highest BCUT2D eigenvalue weighted by molar-refractivity contribution is 7.02. The van der Waals surface area contributed by atoms with E-state index >= 15 is 0 Å². The van der Waals surface area contributed by atoms with Crippen LogP contribution in [0, 0.1) is 18.4 Å². The van der Waals surface area contributed by atoms with Crippen LogP contribution in [-0.2, 0) is 0 Å². The summed E-state index contributed by atoms with van der Waals surface area (Å²) in [4.78, 5) is 4.33. The van der Waals surface area contributed by atoms with Crippen LogP contribution in [0.5, 0.6) is 0 Å². The van der Waals surface area contributed by atoms with Gasteiger partial charge in [-0.25, -0.2) is 0 Å². The van der Waals surface area contributed by atoms with E-state index in [1.54, 1.807) is 6.19 Å². The number of hydrogen-bond acceptors (Lipinski definition) is 4. The highest BCUT2D eigenvalue weighted by Gasteiger charge is 2.04. The van der Waals surface area contributed by atoms with Crippen molar-refractivity contribution in [2.75, 3.05) is 0 Å². The first-order valence-electron chi connectivity index (χ1n) is 4.36. The van der Waals surface area contributed by atoms with Crippen molar-refractivity contribution >= 4 is 11.5 Å². The van der Waals surface area contributed by atoms with Gasteiger partial charge >= 0.3 is 0 Å². The average molecular weight is 216 g/mol. The normalized spacial score (nSPS) is 11.3. The molecule has 0 amide bonds. The first-order chi connectivity index (χ1) is 7.33. The SMILES string of the molecule is Cc1nsc(=NC#N)n1-c1ccccc1. The third-order valence-corrected chi connectivity index (χ3v) is 2.73. The van der Waals surface area contributed by atoms with E-state index in [1.165, 1.54) is 11.5 Å². The van der Waals surface area contributed by atoms with E-state index < -0.39 is 0 Å². The van der Waals surface area contributed by atoms with E-state index in [-0.39, 0.29) is 0 Å². The van der Waals surface area contributed by atoms with Crippen LogP contribution in [-0.4, -0.2) is 8.94 Å². The van der Waals surface area contributed by atoms with Crippen molar-refractivity contribution in [3.8, 4) is 11.9 Å². The Morgan fingerprint density at radius 1 is 1.40 bits per heavy atom. The van der Waals surface area contributed by atoms with Crippen molar-refractivity contribution in [2.45, 2.75) is 6.92 Å². The van der Waals surface area contributed by atoms with Crippen LogP contribution in [0.25, 0.3) is 5.69 Å². The van der Waals surface area contributed by atoms with Crippen LogP contribution in [0.15, 0.2) is 35.3 Å². The summed E-state index contributed by atoms with van der Waals surface area (Å²) in [6.07, 6.45) is 1.78. The molecule has 0 aliphatic carbocycles. The zero-order chi connectivity index (χ0) is 10.7. The first-order valence-corrected chi connectivity index (χ1v) is 5.14. The lowest BCUT2D eigenvalue weighted by Crippen LogP contribution is -2.13. The fourth-order valence-corrected chi connectivity index (χ4v) is 2.01. The molecule has 1 aromatic carbocycles. The molecule has 0 aliphatic rings. The highest BCUT2D eigenvalue weighted by atomic mass is 32.1. The Morgan fingerprint density at radius 3 is 2.80 bits per heavy atom. The number of nitrogens with zero attached hydrogens (tertiary/aromatic N) is 4. The molecule has 0 bridgehead atoms. The second-order valence-electron chi connectivity index (χ2n) is 2.90. The molecule has 0 N–H and O–H groups in total. The van der Waals surface area contributed by atoms with Gasteiger partial charge in [0.05, 0.1) is 0 Å². The Kier molecular flexibility index (Phi) is 2.61. The second-order valence-corrected chi connectivity index (χ2v) is 3.63. The zero-order valence-corrected chi connectivity index (χ0v) is 8.90. The van der Waals surface area contributed by atoms with E-state index in [9.17, 15) is 0 Å². The van der Waals surface area contributed by atoms with Crippen molar-refractivity contribution in [1.29, 1.82) is 5.26 Å². The standard InChI is InChI=1S/C10H8N4S/c1-8-13-15-10(12-7-11)14(8)9-5-3-2-4-6-9/h2-6H,1H3. The number of nitriles is 1. The van der Waals surface area contributed by atoms with Crippen LogP contribution in [0.1, 0.15) is 5.82 Å². The Morgan fingerprint density at radius 2 is 2.13 bits per heavy atom. The minimum absolute atomic E-state index is 0.598. The molecule has 2 rings (SSSR count). The predicted molar refractivity (Wildman–Crippen MR) is 57.4 cm³/mol. The number of rotatable bonds is 1. The predicted octanol–water partition coefficient (Wildman–Crippen LogP) is 1.62. The molecule has 1 aromatic heterocycles. The van der Waals surface area contributed by atoms with Crippen LogP contribution >= 0.6 is 11.5 Å². The molecule has 15 heavy (non-hydrogen) atoms. The smallest absolute Gasteiger partial charge is 0.224 e. The molecule has 0 radical (unpaired) electrons. The molecule has 4 nitrogen and oxygen atoms in total. The van der Waals surface area contributed by atoms with Gasteiger partial charge < -0.3 is 0 Å². The molecule has 0 fully saturated rings. The topological polar surface area (TPSA) is 54.0 Å². The summed E-state index contributed by atoms with van der Waals surface area (Å²) < 4.78 is 6.03. The molecule has 0 unspecified atom stereocenters. The Hall–Kier alpha value is -1.93. The maximum absolute atomic E-state index is 8.55. The molecular weight excluding hydrogens is 208 g/mol. The minimum Gasteiger partial charge on any atom is -0.271 e. The second kappa shape index (κ2) is 4.07. The largest absolute Gasteiger partial charge is 0.271 e. The molecule has 0 saturated carbocycles. The minimum atomic E-state index is 0.598. The maximum Gasteiger partial charge on any atom is 0.224 e. The molecule has 5 heteroatoms. The lowest BCUT2D eigenvalue weighted by molar-refractivity contribution is 0.925. The van der Waals surface area contributed by atoms with Crippen molar-refractivity contribution in [3.05, 3.63) is 41.0 Å². The van der Waals surface area contributed by atoms with Crippen LogP contribution in [0.4, 0.5) is 0 Å². The summed E-state index contributed by atoms with van der Waals surface area (Å²) in [6, 6.07) is 9.74. The Balaban J connectivity index is 2.69. The highest BCUT2D eigenvalue weighted by Crippen LogP contribution is 2.07. The lowest BCUT2D eigenvalue weighted by atomic mass is 10.3. The average Bonchev–Trinajstić information content (AvgIpc) is 2.62.